The minimum absolute atomic E-state index is 0. The summed E-state index contributed by atoms with van der Waals surface area (Å²) in [5.41, 5.74) is 23.5. The second-order valence-electron chi connectivity index (χ2n) is 26.7. The third-order valence-corrected chi connectivity index (χ3v) is 31.5. The molecule has 416 valence electrons. The van der Waals surface area contributed by atoms with Gasteiger partial charge in [-0.3, -0.25) is 0 Å². The van der Waals surface area contributed by atoms with Crippen molar-refractivity contribution in [2.24, 2.45) is 47.3 Å². The fraction of sp³-hybridized carbons (Fsp3) is 0.432. The van der Waals surface area contributed by atoms with Crippen molar-refractivity contribution in [1.82, 2.24) is 0 Å². The molecule has 14 atom stereocenters. The number of hydrogen-bond donors (Lipinski definition) is 0. The van der Waals surface area contributed by atoms with Crippen molar-refractivity contribution < 1.29 is 20.8 Å². The van der Waals surface area contributed by atoms with Crippen LogP contribution in [0.4, 0.5) is 0 Å². The topological polar surface area (TPSA) is 0 Å². The van der Waals surface area contributed by atoms with E-state index in [9.17, 15) is 0 Å². The third-order valence-electron chi connectivity index (χ3n) is 21.5. The van der Waals surface area contributed by atoms with Gasteiger partial charge in [0.1, 0.15) is 0 Å². The molecule has 0 aliphatic heterocycles. The van der Waals surface area contributed by atoms with Crippen LogP contribution in [0.15, 0.2) is 157 Å². The molecular formula is C74H94Cl2Si2Zr. The van der Waals surface area contributed by atoms with Crippen molar-refractivity contribution in [3.63, 3.8) is 0 Å². The van der Waals surface area contributed by atoms with Gasteiger partial charge in [0.15, 0.2) is 0 Å². The van der Waals surface area contributed by atoms with E-state index in [4.69, 9.17) is 17.0 Å². The Balaban J connectivity index is 0.000000194. The summed E-state index contributed by atoms with van der Waals surface area (Å²) in [6.07, 6.45) is 13.8. The molecule has 6 aromatic carbocycles. The molecule has 0 saturated heterocycles. The van der Waals surface area contributed by atoms with Crippen LogP contribution in [-0.4, -0.2) is 16.1 Å². The summed E-state index contributed by atoms with van der Waals surface area (Å²) in [5, 5.41) is 0. The SMILES string of the molecule is CC1=Cc2c(ccc(C)c2-c2ccccc2)C1[Si](C)(C)C1C(C)=Cc2c1ccc(C)c2-c1ccccc1.CC1CCC2C(CC(C)C2[Si](C)(C)C2C(C)CC3C2CCC(C)C3c2ccccc2)C1c1ccccc1.[CH3-].[CH3-].[Cl][Zr+2][Cl]. The average molecular weight is 1200 g/mol. The van der Waals surface area contributed by atoms with Crippen molar-refractivity contribution in [3.05, 3.63) is 216 Å². The number of hydrogen-bond acceptors (Lipinski definition) is 0. The van der Waals surface area contributed by atoms with Crippen LogP contribution < -0.4 is 0 Å². The molecule has 0 amide bonds. The molecule has 0 bridgehead atoms. The summed E-state index contributed by atoms with van der Waals surface area (Å²) in [6, 6.07) is 54.8. The van der Waals surface area contributed by atoms with Crippen molar-refractivity contribution in [1.29, 1.82) is 0 Å². The van der Waals surface area contributed by atoms with Crippen LogP contribution in [0.2, 0.25) is 37.3 Å². The summed E-state index contributed by atoms with van der Waals surface area (Å²) in [6.45, 7) is 30.8. The van der Waals surface area contributed by atoms with Gasteiger partial charge in [-0.05, 0) is 203 Å². The monoisotopic (exact) mass is 1200 g/mol. The third kappa shape index (κ3) is 11.6. The van der Waals surface area contributed by atoms with Crippen LogP contribution >= 0.6 is 17.0 Å². The molecule has 0 spiro atoms. The van der Waals surface area contributed by atoms with Gasteiger partial charge in [0.05, 0.1) is 16.1 Å². The standard InChI is InChI=1S/C36H52Si.C36H36Si.2CH3.2ClH.Zr/c2*1-23-17-19-29-31(33(23)27-13-9-7-10-14-27)21-25(3)35(29)37(5,6)36-26(4)22-32-30(36)20-18-24(2)34(32)28-15-11-8-12-16-28;;;;;/h7-16,23-26,29-36H,17-22H2,1-6H3;7-22,35-36H,1-6H3;2*1H3;2*1H;/q;;2*-1;;;+4/p-2. The predicted octanol–water partition coefficient (Wildman–Crippen LogP) is 22.8. The molecule has 12 rings (SSSR count). The van der Waals surface area contributed by atoms with E-state index in [1.807, 2.05) is 0 Å². The van der Waals surface area contributed by atoms with Crippen molar-refractivity contribution in [2.75, 3.05) is 0 Å². The number of aryl methyl sites for hydroxylation is 2. The van der Waals surface area contributed by atoms with E-state index in [2.05, 4.69) is 239 Å². The summed E-state index contributed by atoms with van der Waals surface area (Å²) < 4.78 is 0. The van der Waals surface area contributed by atoms with Crippen LogP contribution in [0.25, 0.3) is 34.4 Å². The van der Waals surface area contributed by atoms with Crippen LogP contribution in [0.5, 0.6) is 0 Å². The van der Waals surface area contributed by atoms with E-state index in [1.165, 1.54) is 105 Å². The second kappa shape index (κ2) is 25.7. The molecule has 0 radical (unpaired) electrons. The molecule has 0 heterocycles. The Hall–Kier alpha value is -3.30. The summed E-state index contributed by atoms with van der Waals surface area (Å²) in [7, 11) is 6.50. The molecule has 0 N–H and O–H groups in total. The Labute approximate surface area is 501 Å². The molecule has 4 saturated carbocycles. The van der Waals surface area contributed by atoms with E-state index < -0.39 is 37.0 Å². The zero-order valence-electron chi connectivity index (χ0n) is 50.6. The fourth-order valence-electron chi connectivity index (χ4n) is 19.4. The number of rotatable bonds is 8. The number of fused-ring (bicyclic) bond motifs is 4. The maximum atomic E-state index is 4.93. The van der Waals surface area contributed by atoms with E-state index in [0.29, 0.717) is 11.1 Å². The van der Waals surface area contributed by atoms with Crippen LogP contribution in [0.3, 0.4) is 0 Å². The van der Waals surface area contributed by atoms with Gasteiger partial charge in [0.2, 0.25) is 0 Å². The molecule has 4 fully saturated rings. The van der Waals surface area contributed by atoms with Gasteiger partial charge in [-0.2, -0.15) is 0 Å². The van der Waals surface area contributed by atoms with Gasteiger partial charge in [-0.15, -0.1) is 0 Å². The van der Waals surface area contributed by atoms with Crippen LogP contribution in [-0.2, 0) is 20.8 Å². The Morgan fingerprint density at radius 2 is 0.734 bits per heavy atom. The first-order valence-electron chi connectivity index (χ1n) is 29.8. The second-order valence-corrected chi connectivity index (χ2v) is 40.2. The van der Waals surface area contributed by atoms with Gasteiger partial charge in [0, 0.05) is 11.1 Å². The van der Waals surface area contributed by atoms with E-state index in [-0.39, 0.29) is 14.9 Å². The Morgan fingerprint density at radius 1 is 0.405 bits per heavy atom. The first-order chi connectivity index (χ1) is 37.0. The molecule has 14 unspecified atom stereocenters. The average Bonchev–Trinajstić information content (AvgIpc) is 4.17. The van der Waals surface area contributed by atoms with Gasteiger partial charge in [-0.25, -0.2) is 0 Å². The number of benzene rings is 6. The first-order valence-corrected chi connectivity index (χ1v) is 42.4. The van der Waals surface area contributed by atoms with Gasteiger partial charge in [0.25, 0.3) is 0 Å². The molecule has 0 nitrogen and oxygen atoms in total. The summed E-state index contributed by atoms with van der Waals surface area (Å²) >= 11 is -0.826. The van der Waals surface area contributed by atoms with Gasteiger partial charge >= 0.3 is 37.9 Å². The van der Waals surface area contributed by atoms with Gasteiger partial charge < -0.3 is 14.9 Å². The number of allylic oxidation sites excluding steroid dienone is 2. The Morgan fingerprint density at radius 3 is 1.08 bits per heavy atom. The van der Waals surface area contributed by atoms with Crippen LogP contribution in [0.1, 0.15) is 147 Å². The summed E-state index contributed by atoms with van der Waals surface area (Å²) in [5.74, 6) is 8.81. The normalized spacial score (nSPS) is 29.2. The van der Waals surface area contributed by atoms with E-state index >= 15 is 0 Å². The quantitative estimate of drug-likeness (QED) is 0.105. The molecule has 6 aliphatic carbocycles. The zero-order chi connectivity index (χ0) is 54.5. The number of halogens is 2. The molecular weight excluding hydrogens is 1110 g/mol. The Bertz CT molecular complexity index is 2850. The first kappa shape index (κ1) is 61.8. The fourth-order valence-corrected chi connectivity index (χ4v) is 31.1. The van der Waals surface area contributed by atoms with E-state index in [0.717, 1.165) is 70.3 Å². The van der Waals surface area contributed by atoms with E-state index in [1.54, 1.807) is 11.1 Å². The van der Waals surface area contributed by atoms with Crippen molar-refractivity contribution >= 4 is 45.3 Å². The minimum atomic E-state index is -1.88. The maximum absolute atomic E-state index is 4.93. The summed E-state index contributed by atoms with van der Waals surface area (Å²) in [4.78, 5) is 0. The molecule has 79 heavy (non-hydrogen) atoms. The van der Waals surface area contributed by atoms with Gasteiger partial charge in [-0.1, -0.05) is 223 Å². The Kier molecular flexibility index (Phi) is 20.1. The predicted molar refractivity (Wildman–Crippen MR) is 350 cm³/mol. The molecule has 6 aliphatic rings. The molecule has 6 aromatic rings. The zero-order valence-corrected chi connectivity index (χ0v) is 56.6. The van der Waals surface area contributed by atoms with Crippen molar-refractivity contribution in [3.8, 4) is 22.3 Å². The molecule has 0 aromatic heterocycles. The van der Waals surface area contributed by atoms with Crippen molar-refractivity contribution in [2.45, 2.75) is 154 Å². The van der Waals surface area contributed by atoms with Crippen LogP contribution in [0, 0.1) is 76.0 Å². The molecule has 5 heteroatoms.